The maximum absolute atomic E-state index is 15.6. The van der Waals surface area contributed by atoms with E-state index < -0.39 is 31.8 Å². The Kier molecular flexibility index (Phi) is 8.52. The van der Waals surface area contributed by atoms with Crippen LogP contribution in [-0.4, -0.2) is 23.0 Å². The highest BCUT2D eigenvalue weighted by molar-refractivity contribution is 7.87. The highest BCUT2D eigenvalue weighted by Gasteiger charge is 2.58. The minimum absolute atomic E-state index is 0.102. The smallest absolute Gasteiger partial charge is 0.379 e. The van der Waals surface area contributed by atoms with Gasteiger partial charge in [-0.05, 0) is 78.1 Å². The SMILES string of the molecule is Cc1cc(C(c2ccccc2)(c2ccc(OS(=O)(=O)c3ccccc3)c(C)c2)C(F)(F)F)ccc1OS(=O)(=O)c1ccccc1. The van der Waals surface area contributed by atoms with Gasteiger partial charge in [0.05, 0.1) is 0 Å². The fraction of sp³-hybridized carbons (Fsp3) is 0.118. The van der Waals surface area contributed by atoms with Crippen molar-refractivity contribution in [2.75, 3.05) is 0 Å². The van der Waals surface area contributed by atoms with Gasteiger partial charge < -0.3 is 8.37 Å². The molecule has 5 rings (SSSR count). The maximum atomic E-state index is 15.6. The zero-order valence-electron chi connectivity index (χ0n) is 24.0. The summed E-state index contributed by atoms with van der Waals surface area (Å²) in [5, 5.41) is 0. The average Bonchev–Trinajstić information content (AvgIpc) is 3.01. The Hall–Kier alpha value is -4.61. The van der Waals surface area contributed by atoms with Crippen molar-refractivity contribution in [2.45, 2.75) is 35.2 Å². The van der Waals surface area contributed by atoms with E-state index in [1.54, 1.807) is 18.2 Å². The first-order valence-electron chi connectivity index (χ1n) is 13.6. The van der Waals surface area contributed by atoms with Crippen molar-refractivity contribution in [3.05, 3.63) is 155 Å². The molecule has 0 N–H and O–H groups in total. The van der Waals surface area contributed by atoms with E-state index in [0.717, 1.165) is 0 Å². The molecule has 11 heteroatoms. The molecule has 0 amide bonds. The van der Waals surface area contributed by atoms with Gasteiger partial charge in [0.2, 0.25) is 0 Å². The minimum atomic E-state index is -4.91. The first-order chi connectivity index (χ1) is 21.3. The Balaban J connectivity index is 1.63. The lowest BCUT2D eigenvalue weighted by Crippen LogP contribution is -2.44. The average molecular weight is 653 g/mol. The summed E-state index contributed by atoms with van der Waals surface area (Å²) < 4.78 is 109. The molecule has 0 saturated heterocycles. The quantitative estimate of drug-likeness (QED) is 0.120. The lowest BCUT2D eigenvalue weighted by atomic mass is 9.68. The second-order valence-electron chi connectivity index (χ2n) is 10.3. The molecule has 6 nitrogen and oxygen atoms in total. The maximum Gasteiger partial charge on any atom is 0.406 e. The van der Waals surface area contributed by atoms with Crippen LogP contribution in [0.4, 0.5) is 13.2 Å². The van der Waals surface area contributed by atoms with E-state index in [1.807, 2.05) is 0 Å². The Labute approximate surface area is 260 Å². The van der Waals surface area contributed by atoms with Crippen LogP contribution in [0.1, 0.15) is 27.8 Å². The summed E-state index contributed by atoms with van der Waals surface area (Å²) in [6.07, 6.45) is -4.91. The van der Waals surface area contributed by atoms with Crippen molar-refractivity contribution in [3.8, 4) is 11.5 Å². The molecule has 0 aliphatic rings. The molecule has 0 bridgehead atoms. The number of hydrogen-bond acceptors (Lipinski definition) is 6. The third-order valence-electron chi connectivity index (χ3n) is 7.31. The monoisotopic (exact) mass is 652 g/mol. The van der Waals surface area contributed by atoms with Gasteiger partial charge in [-0.1, -0.05) is 91.0 Å². The zero-order valence-corrected chi connectivity index (χ0v) is 25.7. The number of halogens is 3. The van der Waals surface area contributed by atoms with E-state index in [4.69, 9.17) is 8.37 Å². The second-order valence-corrected chi connectivity index (χ2v) is 13.4. The highest BCUT2D eigenvalue weighted by Crippen LogP contribution is 2.52. The number of rotatable bonds is 9. The second kappa shape index (κ2) is 12.1. The summed E-state index contributed by atoms with van der Waals surface area (Å²) in [4.78, 5) is -0.205. The molecule has 0 spiro atoms. The molecular weight excluding hydrogens is 625 g/mol. The van der Waals surface area contributed by atoms with Crippen molar-refractivity contribution < 1.29 is 38.4 Å². The van der Waals surface area contributed by atoms with Crippen LogP contribution in [0.2, 0.25) is 0 Å². The van der Waals surface area contributed by atoms with Gasteiger partial charge in [0, 0.05) is 0 Å². The van der Waals surface area contributed by atoms with Crippen LogP contribution in [0.15, 0.2) is 137 Å². The lowest BCUT2D eigenvalue weighted by Gasteiger charge is -2.38. The number of aryl methyl sites for hydroxylation is 2. The molecule has 0 aromatic heterocycles. The zero-order chi connectivity index (χ0) is 32.5. The Morgan fingerprint density at radius 3 is 1.18 bits per heavy atom. The van der Waals surface area contributed by atoms with E-state index in [2.05, 4.69) is 0 Å². The van der Waals surface area contributed by atoms with Crippen LogP contribution in [0.3, 0.4) is 0 Å². The summed E-state index contributed by atoms with van der Waals surface area (Å²) in [6, 6.07) is 29.3. The Morgan fingerprint density at radius 1 is 0.489 bits per heavy atom. The third-order valence-corrected chi connectivity index (χ3v) is 9.81. The van der Waals surface area contributed by atoms with E-state index >= 15 is 13.2 Å². The van der Waals surface area contributed by atoms with Crippen molar-refractivity contribution in [1.82, 2.24) is 0 Å². The molecule has 0 radical (unpaired) electrons. The van der Waals surface area contributed by atoms with Crippen LogP contribution in [0.25, 0.3) is 0 Å². The van der Waals surface area contributed by atoms with Crippen LogP contribution >= 0.6 is 0 Å². The van der Waals surface area contributed by atoms with Gasteiger partial charge in [0.25, 0.3) is 0 Å². The molecule has 0 saturated carbocycles. The van der Waals surface area contributed by atoms with Crippen molar-refractivity contribution in [2.24, 2.45) is 0 Å². The number of benzene rings is 5. The van der Waals surface area contributed by atoms with Gasteiger partial charge in [-0.3, -0.25) is 0 Å². The van der Waals surface area contributed by atoms with Crippen molar-refractivity contribution >= 4 is 20.2 Å². The highest BCUT2D eigenvalue weighted by atomic mass is 32.2. The summed E-state index contributed by atoms with van der Waals surface area (Å²) >= 11 is 0. The molecule has 5 aromatic carbocycles. The first kappa shape index (κ1) is 31.8. The molecular formula is C34H27F3O6S2. The summed E-state index contributed by atoms with van der Waals surface area (Å²) in [5.41, 5.74) is -2.93. The summed E-state index contributed by atoms with van der Waals surface area (Å²) in [7, 11) is -8.50. The third kappa shape index (κ3) is 6.18. The molecule has 232 valence electrons. The summed E-state index contributed by atoms with van der Waals surface area (Å²) in [5.74, 6) is -0.254. The van der Waals surface area contributed by atoms with Crippen molar-refractivity contribution in [3.63, 3.8) is 0 Å². The molecule has 45 heavy (non-hydrogen) atoms. The van der Waals surface area contributed by atoms with Gasteiger partial charge in [-0.25, -0.2) is 0 Å². The van der Waals surface area contributed by atoms with E-state index in [-0.39, 0.29) is 49.1 Å². The molecule has 5 aromatic rings. The van der Waals surface area contributed by atoms with Crippen LogP contribution in [-0.2, 0) is 25.7 Å². The van der Waals surface area contributed by atoms with Crippen LogP contribution in [0.5, 0.6) is 11.5 Å². The first-order valence-corrected chi connectivity index (χ1v) is 16.4. The predicted molar refractivity (Wildman–Crippen MR) is 163 cm³/mol. The van der Waals surface area contributed by atoms with E-state index in [0.29, 0.717) is 0 Å². The number of hydrogen-bond donors (Lipinski definition) is 0. The van der Waals surface area contributed by atoms with E-state index in [9.17, 15) is 16.8 Å². The Morgan fingerprint density at radius 2 is 0.844 bits per heavy atom. The van der Waals surface area contributed by atoms with Crippen molar-refractivity contribution in [1.29, 1.82) is 0 Å². The summed E-state index contributed by atoms with van der Waals surface area (Å²) in [6.45, 7) is 2.92. The molecule has 0 fully saturated rings. The van der Waals surface area contributed by atoms with Gasteiger partial charge in [0.15, 0.2) is 0 Å². The van der Waals surface area contributed by atoms with E-state index in [1.165, 1.54) is 123 Å². The standard InChI is InChI=1S/C34H27F3O6S2/c1-24-22-27(18-20-31(24)42-44(38,39)29-14-8-4-9-15-29)33(34(35,36)37,26-12-6-3-7-13-26)28-19-21-32(25(2)23-28)43-45(40,41)30-16-10-5-11-17-30/h3-23H,1-2H3. The van der Waals surface area contributed by atoms with Gasteiger partial charge in [-0.15, -0.1) is 0 Å². The normalized spacial score (nSPS) is 12.5. The predicted octanol–water partition coefficient (Wildman–Crippen LogP) is 7.74. The largest absolute Gasteiger partial charge is 0.406 e. The number of alkyl halides is 3. The van der Waals surface area contributed by atoms with Gasteiger partial charge in [0.1, 0.15) is 26.7 Å². The Bertz CT molecular complexity index is 1910. The molecule has 0 atom stereocenters. The minimum Gasteiger partial charge on any atom is -0.379 e. The van der Waals surface area contributed by atoms with Crippen LogP contribution in [0, 0.1) is 13.8 Å². The molecule has 0 unspecified atom stereocenters. The molecule has 0 heterocycles. The van der Waals surface area contributed by atoms with Gasteiger partial charge >= 0.3 is 26.4 Å². The topological polar surface area (TPSA) is 86.7 Å². The fourth-order valence-electron chi connectivity index (χ4n) is 5.14. The molecule has 0 aliphatic carbocycles. The molecule has 0 aliphatic heterocycles. The lowest BCUT2D eigenvalue weighted by molar-refractivity contribution is -0.166. The van der Waals surface area contributed by atoms with Gasteiger partial charge in [-0.2, -0.15) is 30.0 Å². The fourth-order valence-corrected chi connectivity index (χ4v) is 7.16. The van der Waals surface area contributed by atoms with Crippen LogP contribution < -0.4 is 8.37 Å².